The highest BCUT2D eigenvalue weighted by Gasteiger charge is 2.35. The first-order valence-electron chi connectivity index (χ1n) is 8.48. The van der Waals surface area contributed by atoms with Crippen LogP contribution in [0.25, 0.3) is 17.0 Å². The number of fused-ring (bicyclic) bond motifs is 1. The molecule has 0 spiro atoms. The predicted octanol–water partition coefficient (Wildman–Crippen LogP) is 2.29. The number of hydrogen-bond acceptors (Lipinski definition) is 5. The Labute approximate surface area is 145 Å². The number of aryl methyl sites for hydroxylation is 1. The van der Waals surface area contributed by atoms with Crippen LogP contribution >= 0.6 is 0 Å². The van der Waals surface area contributed by atoms with Gasteiger partial charge in [0, 0.05) is 12.2 Å². The number of nitrogens with zero attached hydrogens (tertiary/aromatic N) is 4. The molecule has 4 rings (SSSR count). The van der Waals surface area contributed by atoms with Crippen LogP contribution < -0.4 is 11.5 Å². The van der Waals surface area contributed by atoms with Gasteiger partial charge < -0.3 is 11.5 Å². The fourth-order valence-electron chi connectivity index (χ4n) is 3.43. The Balaban J connectivity index is 1.81. The number of hydrogen-bond donors (Lipinski definition) is 2. The fourth-order valence-corrected chi connectivity index (χ4v) is 3.43. The van der Waals surface area contributed by atoms with E-state index in [4.69, 9.17) is 11.5 Å². The van der Waals surface area contributed by atoms with Gasteiger partial charge in [-0.2, -0.15) is 0 Å². The van der Waals surface area contributed by atoms with Crippen LogP contribution in [0, 0.1) is 12.7 Å². The van der Waals surface area contributed by atoms with Crippen molar-refractivity contribution in [1.82, 2.24) is 19.4 Å². The lowest BCUT2D eigenvalue weighted by atomic mass is 9.80. The zero-order valence-corrected chi connectivity index (χ0v) is 14.1. The Bertz CT molecular complexity index is 926. The van der Waals surface area contributed by atoms with Gasteiger partial charge in [0.25, 0.3) is 0 Å². The minimum atomic E-state index is -0.658. The van der Waals surface area contributed by atoms with Crippen molar-refractivity contribution in [3.8, 4) is 11.4 Å². The molecule has 1 aliphatic carbocycles. The summed E-state index contributed by atoms with van der Waals surface area (Å²) in [7, 11) is 0. The molecule has 1 saturated carbocycles. The highest BCUT2D eigenvalue weighted by molar-refractivity contribution is 5.60. The Kier molecular flexibility index (Phi) is 3.77. The van der Waals surface area contributed by atoms with E-state index in [1.807, 2.05) is 29.7 Å². The summed E-state index contributed by atoms with van der Waals surface area (Å²) < 4.78 is 16.3. The van der Waals surface area contributed by atoms with Gasteiger partial charge in [-0.3, -0.25) is 4.40 Å². The van der Waals surface area contributed by atoms with Gasteiger partial charge in [-0.1, -0.05) is 6.07 Å². The van der Waals surface area contributed by atoms with E-state index in [0.717, 1.165) is 24.1 Å². The molecule has 4 N–H and O–H groups in total. The monoisotopic (exact) mass is 340 g/mol. The number of rotatable bonds is 2. The molecule has 0 radical (unpaired) electrons. The molecule has 1 aliphatic rings. The molecule has 130 valence electrons. The Morgan fingerprint density at radius 3 is 2.72 bits per heavy atom. The minimum absolute atomic E-state index is 0.165. The third-order valence-electron chi connectivity index (χ3n) is 5.01. The molecule has 0 unspecified atom stereocenters. The predicted molar refractivity (Wildman–Crippen MR) is 93.2 cm³/mol. The van der Waals surface area contributed by atoms with Crippen LogP contribution in [0.5, 0.6) is 0 Å². The summed E-state index contributed by atoms with van der Waals surface area (Å²) in [5.41, 5.74) is 14.5. The zero-order chi connectivity index (χ0) is 17.6. The Hall–Kier alpha value is -2.38. The third kappa shape index (κ3) is 2.79. The van der Waals surface area contributed by atoms with Crippen molar-refractivity contribution in [2.75, 3.05) is 0 Å². The van der Waals surface area contributed by atoms with Crippen LogP contribution in [0.3, 0.4) is 0 Å². The third-order valence-corrected chi connectivity index (χ3v) is 5.01. The average Bonchev–Trinajstić information content (AvgIpc) is 3.01. The van der Waals surface area contributed by atoms with E-state index in [1.165, 1.54) is 6.20 Å². The van der Waals surface area contributed by atoms with Crippen LogP contribution in [-0.2, 0) is 5.54 Å². The first kappa shape index (κ1) is 16.1. The second kappa shape index (κ2) is 5.86. The molecule has 25 heavy (non-hydrogen) atoms. The second-order valence-electron chi connectivity index (χ2n) is 6.96. The van der Waals surface area contributed by atoms with Gasteiger partial charge in [-0.25, -0.2) is 19.3 Å². The number of aromatic nitrogens is 4. The largest absolute Gasteiger partial charge is 0.328 e. The van der Waals surface area contributed by atoms with Crippen molar-refractivity contribution in [3.05, 3.63) is 47.9 Å². The molecular formula is C18H21FN6. The van der Waals surface area contributed by atoms with E-state index in [-0.39, 0.29) is 11.7 Å². The fraction of sp³-hybridized carbons (Fsp3) is 0.389. The summed E-state index contributed by atoms with van der Waals surface area (Å²) in [6, 6.07) is 4.03. The van der Waals surface area contributed by atoms with Crippen molar-refractivity contribution in [2.45, 2.75) is 44.2 Å². The van der Waals surface area contributed by atoms with E-state index in [9.17, 15) is 4.39 Å². The molecule has 3 aromatic heterocycles. The molecule has 6 nitrogen and oxygen atoms in total. The lowest BCUT2D eigenvalue weighted by molar-refractivity contribution is 0.264. The van der Waals surface area contributed by atoms with Gasteiger partial charge in [0.2, 0.25) is 0 Å². The van der Waals surface area contributed by atoms with E-state index >= 15 is 0 Å². The maximum Gasteiger partial charge on any atom is 0.169 e. The average molecular weight is 340 g/mol. The Morgan fingerprint density at radius 2 is 1.96 bits per heavy atom. The molecule has 0 saturated heterocycles. The maximum atomic E-state index is 14.5. The van der Waals surface area contributed by atoms with Crippen LogP contribution in [0.1, 0.15) is 37.1 Å². The van der Waals surface area contributed by atoms with E-state index in [1.54, 1.807) is 6.20 Å². The quantitative estimate of drug-likeness (QED) is 0.746. The maximum absolute atomic E-state index is 14.5. The highest BCUT2D eigenvalue weighted by Crippen LogP contribution is 2.33. The van der Waals surface area contributed by atoms with Gasteiger partial charge in [-0.05, 0) is 44.2 Å². The summed E-state index contributed by atoms with van der Waals surface area (Å²) in [4.78, 5) is 13.0. The molecule has 7 heteroatoms. The normalized spacial score (nSPS) is 23.9. The molecule has 0 atom stereocenters. The van der Waals surface area contributed by atoms with Crippen LogP contribution in [0.4, 0.5) is 4.39 Å². The molecule has 0 bridgehead atoms. The van der Waals surface area contributed by atoms with Crippen molar-refractivity contribution < 1.29 is 4.39 Å². The van der Waals surface area contributed by atoms with Gasteiger partial charge in [0.05, 0.1) is 23.6 Å². The number of pyridine rings is 1. The van der Waals surface area contributed by atoms with Crippen molar-refractivity contribution in [1.29, 1.82) is 0 Å². The summed E-state index contributed by atoms with van der Waals surface area (Å²) in [5, 5.41) is 0. The van der Waals surface area contributed by atoms with Gasteiger partial charge in [-0.15, -0.1) is 0 Å². The summed E-state index contributed by atoms with van der Waals surface area (Å²) in [5.74, 6) is -0.0124. The van der Waals surface area contributed by atoms with Crippen LogP contribution in [0.2, 0.25) is 0 Å². The Morgan fingerprint density at radius 1 is 1.20 bits per heavy atom. The van der Waals surface area contributed by atoms with Crippen LogP contribution in [0.15, 0.2) is 30.7 Å². The lowest BCUT2D eigenvalue weighted by Gasteiger charge is -2.34. The minimum Gasteiger partial charge on any atom is -0.328 e. The van der Waals surface area contributed by atoms with Crippen LogP contribution in [-0.4, -0.2) is 25.4 Å². The topological polar surface area (TPSA) is 95.1 Å². The first-order chi connectivity index (χ1) is 12.0. The molecular weight excluding hydrogens is 319 g/mol. The number of nitrogens with two attached hydrogens (primary N) is 2. The van der Waals surface area contributed by atoms with Crippen molar-refractivity contribution in [3.63, 3.8) is 0 Å². The molecule has 0 aromatic carbocycles. The smallest absolute Gasteiger partial charge is 0.169 e. The van der Waals surface area contributed by atoms with Gasteiger partial charge in [0.15, 0.2) is 5.82 Å². The van der Waals surface area contributed by atoms with Crippen molar-refractivity contribution >= 4 is 5.65 Å². The molecule has 3 heterocycles. The lowest BCUT2D eigenvalue weighted by Crippen LogP contribution is -2.45. The van der Waals surface area contributed by atoms with Crippen molar-refractivity contribution in [2.24, 2.45) is 11.5 Å². The standard InChI is InChI=1S/C18H21FN6/c1-11-2-3-15-22-9-14(25(15)10-11)16-13(19)8-23-17(24-16)18(21)6-4-12(20)5-7-18/h2-3,8-10,12H,4-7,20-21H2,1H3. The SMILES string of the molecule is Cc1ccc2ncc(-c3nc(C4(N)CCC(N)CC4)ncc3F)n2c1. The molecule has 3 aromatic rings. The molecule has 1 fully saturated rings. The number of halogens is 1. The molecule has 0 aliphatic heterocycles. The highest BCUT2D eigenvalue weighted by atomic mass is 19.1. The summed E-state index contributed by atoms with van der Waals surface area (Å²) >= 11 is 0. The second-order valence-corrected chi connectivity index (χ2v) is 6.96. The van der Waals surface area contributed by atoms with E-state index in [2.05, 4.69) is 15.0 Å². The summed E-state index contributed by atoms with van der Waals surface area (Å²) in [6.45, 7) is 1.98. The zero-order valence-electron chi connectivity index (χ0n) is 14.1. The first-order valence-corrected chi connectivity index (χ1v) is 8.48. The van der Waals surface area contributed by atoms with Gasteiger partial charge in [0.1, 0.15) is 17.2 Å². The number of imidazole rings is 1. The van der Waals surface area contributed by atoms with Gasteiger partial charge >= 0.3 is 0 Å². The summed E-state index contributed by atoms with van der Waals surface area (Å²) in [6.07, 6.45) is 7.79. The van der Waals surface area contributed by atoms with E-state index < -0.39 is 11.4 Å². The van der Waals surface area contributed by atoms with E-state index in [0.29, 0.717) is 24.4 Å². The molecule has 0 amide bonds.